The summed E-state index contributed by atoms with van der Waals surface area (Å²) in [4.78, 5) is 0. The molecule has 2 aliphatic carbocycles. The summed E-state index contributed by atoms with van der Waals surface area (Å²) in [5, 5.41) is 3.41. The molecule has 2 saturated carbocycles. The molecule has 2 aliphatic rings. The SMILES string of the molecule is CN(CC1CCC1)S(=O)(=O)CCCCNC1CC1. The Bertz CT molecular complexity index is 348. The summed E-state index contributed by atoms with van der Waals surface area (Å²) in [5.41, 5.74) is 0. The van der Waals surface area contributed by atoms with E-state index >= 15 is 0 Å². The van der Waals surface area contributed by atoms with E-state index in [1.54, 1.807) is 11.4 Å². The second-order valence-corrected chi connectivity index (χ2v) is 8.02. The molecule has 0 aromatic carbocycles. The number of hydrogen-bond donors (Lipinski definition) is 1. The van der Waals surface area contributed by atoms with Gasteiger partial charge in [0.2, 0.25) is 10.0 Å². The quantitative estimate of drug-likeness (QED) is 0.649. The van der Waals surface area contributed by atoms with Gasteiger partial charge in [0.25, 0.3) is 0 Å². The van der Waals surface area contributed by atoms with E-state index in [1.165, 1.54) is 32.1 Å². The third-order valence-corrected chi connectivity index (χ3v) is 5.96. The van der Waals surface area contributed by atoms with Gasteiger partial charge in [0.05, 0.1) is 5.75 Å². The van der Waals surface area contributed by atoms with Gasteiger partial charge in [-0.2, -0.15) is 0 Å². The Morgan fingerprint density at radius 2 is 1.89 bits per heavy atom. The molecule has 0 saturated heterocycles. The molecule has 18 heavy (non-hydrogen) atoms. The van der Waals surface area contributed by atoms with Crippen LogP contribution in [0.5, 0.6) is 0 Å². The Labute approximate surface area is 111 Å². The number of sulfonamides is 1. The van der Waals surface area contributed by atoms with Crippen molar-refractivity contribution in [2.45, 2.75) is 51.0 Å². The normalized spacial score (nSPS) is 21.2. The summed E-state index contributed by atoms with van der Waals surface area (Å²) in [5.74, 6) is 0.920. The second-order valence-electron chi connectivity index (χ2n) is 5.83. The van der Waals surface area contributed by atoms with Crippen LogP contribution in [0, 0.1) is 5.92 Å². The number of nitrogens with one attached hydrogen (secondary N) is 1. The minimum atomic E-state index is -3.01. The van der Waals surface area contributed by atoms with Crippen molar-refractivity contribution < 1.29 is 8.42 Å². The van der Waals surface area contributed by atoms with Crippen LogP contribution >= 0.6 is 0 Å². The van der Waals surface area contributed by atoms with Gasteiger partial charge in [-0.1, -0.05) is 6.42 Å². The molecule has 0 heterocycles. The van der Waals surface area contributed by atoms with E-state index in [2.05, 4.69) is 5.32 Å². The molecular formula is C13H26N2O2S. The minimum absolute atomic E-state index is 0.308. The van der Waals surface area contributed by atoms with Gasteiger partial charge in [-0.15, -0.1) is 0 Å². The highest BCUT2D eigenvalue weighted by Crippen LogP contribution is 2.27. The monoisotopic (exact) mass is 274 g/mol. The predicted octanol–water partition coefficient (Wildman–Crippen LogP) is 1.58. The molecule has 2 rings (SSSR count). The van der Waals surface area contributed by atoms with Crippen molar-refractivity contribution >= 4 is 10.0 Å². The average Bonchev–Trinajstić information content (AvgIpc) is 3.06. The first-order chi connectivity index (χ1) is 8.58. The maximum absolute atomic E-state index is 12.0. The summed E-state index contributed by atoms with van der Waals surface area (Å²) in [6.45, 7) is 1.69. The van der Waals surface area contributed by atoms with Gasteiger partial charge in [-0.3, -0.25) is 0 Å². The van der Waals surface area contributed by atoms with Gasteiger partial charge in [0, 0.05) is 19.6 Å². The topological polar surface area (TPSA) is 49.4 Å². The molecule has 0 aromatic rings. The highest BCUT2D eigenvalue weighted by Gasteiger charge is 2.25. The van der Waals surface area contributed by atoms with Crippen molar-refractivity contribution in [2.24, 2.45) is 5.92 Å². The van der Waals surface area contributed by atoms with Crippen molar-refractivity contribution in [1.82, 2.24) is 9.62 Å². The molecule has 0 aromatic heterocycles. The van der Waals surface area contributed by atoms with E-state index < -0.39 is 10.0 Å². The lowest BCUT2D eigenvalue weighted by atomic mass is 9.86. The molecule has 0 bridgehead atoms. The lowest BCUT2D eigenvalue weighted by molar-refractivity contribution is 0.263. The molecule has 106 valence electrons. The fraction of sp³-hybridized carbons (Fsp3) is 1.00. The van der Waals surface area contributed by atoms with Gasteiger partial charge in [0.1, 0.15) is 0 Å². The van der Waals surface area contributed by atoms with Crippen molar-refractivity contribution in [3.05, 3.63) is 0 Å². The molecule has 0 radical (unpaired) electrons. The fourth-order valence-electron chi connectivity index (χ4n) is 2.31. The van der Waals surface area contributed by atoms with Crippen LogP contribution in [-0.4, -0.2) is 44.7 Å². The summed E-state index contributed by atoms with van der Waals surface area (Å²) >= 11 is 0. The molecule has 1 N–H and O–H groups in total. The van der Waals surface area contributed by atoms with Crippen LogP contribution in [0.1, 0.15) is 44.9 Å². The summed E-state index contributed by atoms with van der Waals surface area (Å²) in [6.07, 6.45) is 8.00. The molecule has 0 atom stereocenters. The zero-order chi connectivity index (χ0) is 13.0. The minimum Gasteiger partial charge on any atom is -0.314 e. The van der Waals surface area contributed by atoms with E-state index in [0.717, 1.165) is 32.0 Å². The molecule has 0 unspecified atom stereocenters. The van der Waals surface area contributed by atoms with Gasteiger partial charge in [0.15, 0.2) is 0 Å². The zero-order valence-corrected chi connectivity index (χ0v) is 12.2. The van der Waals surface area contributed by atoms with Crippen LogP contribution in [0.3, 0.4) is 0 Å². The Kier molecular flexibility index (Phi) is 5.04. The van der Waals surface area contributed by atoms with Crippen molar-refractivity contribution in [2.75, 3.05) is 25.9 Å². The maximum Gasteiger partial charge on any atom is 0.213 e. The van der Waals surface area contributed by atoms with Gasteiger partial charge < -0.3 is 5.32 Å². The van der Waals surface area contributed by atoms with Crippen LogP contribution in [0.25, 0.3) is 0 Å². The molecule has 2 fully saturated rings. The lowest BCUT2D eigenvalue weighted by Crippen LogP contribution is -2.35. The first-order valence-corrected chi connectivity index (χ1v) is 8.86. The maximum atomic E-state index is 12.0. The highest BCUT2D eigenvalue weighted by atomic mass is 32.2. The number of rotatable bonds is 9. The molecule has 5 heteroatoms. The van der Waals surface area contributed by atoms with E-state index in [4.69, 9.17) is 0 Å². The van der Waals surface area contributed by atoms with E-state index in [0.29, 0.717) is 11.7 Å². The molecular weight excluding hydrogens is 248 g/mol. The van der Waals surface area contributed by atoms with Crippen LogP contribution < -0.4 is 5.32 Å². The van der Waals surface area contributed by atoms with E-state index in [1.807, 2.05) is 0 Å². The van der Waals surface area contributed by atoms with E-state index in [9.17, 15) is 8.42 Å². The number of nitrogens with zero attached hydrogens (tertiary/aromatic N) is 1. The number of unbranched alkanes of at least 4 members (excludes halogenated alkanes) is 1. The third-order valence-electron chi connectivity index (χ3n) is 4.05. The molecule has 0 aliphatic heterocycles. The zero-order valence-electron chi connectivity index (χ0n) is 11.4. The van der Waals surface area contributed by atoms with Crippen molar-refractivity contribution in [3.63, 3.8) is 0 Å². The highest BCUT2D eigenvalue weighted by molar-refractivity contribution is 7.89. The predicted molar refractivity (Wildman–Crippen MR) is 74.0 cm³/mol. The molecule has 4 nitrogen and oxygen atoms in total. The summed E-state index contributed by atoms with van der Waals surface area (Å²) in [7, 11) is -1.28. The summed E-state index contributed by atoms with van der Waals surface area (Å²) in [6, 6.07) is 0.725. The average molecular weight is 274 g/mol. The van der Waals surface area contributed by atoms with Crippen LogP contribution in [0.15, 0.2) is 0 Å². The van der Waals surface area contributed by atoms with E-state index in [-0.39, 0.29) is 0 Å². The fourth-order valence-corrected chi connectivity index (χ4v) is 3.63. The van der Waals surface area contributed by atoms with Crippen LogP contribution in [-0.2, 0) is 10.0 Å². The summed E-state index contributed by atoms with van der Waals surface area (Å²) < 4.78 is 25.6. The lowest BCUT2D eigenvalue weighted by Gasteiger charge is -2.29. The Balaban J connectivity index is 1.58. The van der Waals surface area contributed by atoms with Crippen LogP contribution in [0.2, 0.25) is 0 Å². The van der Waals surface area contributed by atoms with Gasteiger partial charge >= 0.3 is 0 Å². The first-order valence-electron chi connectivity index (χ1n) is 7.25. The van der Waals surface area contributed by atoms with Gasteiger partial charge in [-0.25, -0.2) is 12.7 Å². The Morgan fingerprint density at radius 1 is 1.17 bits per heavy atom. The molecule has 0 amide bonds. The smallest absolute Gasteiger partial charge is 0.213 e. The van der Waals surface area contributed by atoms with Crippen molar-refractivity contribution in [1.29, 1.82) is 0 Å². The Hall–Kier alpha value is -0.130. The van der Waals surface area contributed by atoms with Crippen LogP contribution in [0.4, 0.5) is 0 Å². The number of hydrogen-bond acceptors (Lipinski definition) is 3. The second kappa shape index (κ2) is 6.35. The third kappa shape index (κ3) is 4.52. The largest absolute Gasteiger partial charge is 0.314 e. The Morgan fingerprint density at radius 3 is 2.44 bits per heavy atom. The standard InChI is InChI=1S/C13H26N2O2S/c1-15(11-12-5-4-6-12)18(16,17)10-3-2-9-14-13-7-8-13/h12-14H,2-11H2,1H3. The van der Waals surface area contributed by atoms with Gasteiger partial charge in [-0.05, 0) is 51.0 Å². The van der Waals surface area contributed by atoms with Crippen molar-refractivity contribution in [3.8, 4) is 0 Å². The molecule has 0 spiro atoms. The first kappa shape index (κ1) is 14.3.